The van der Waals surface area contributed by atoms with Gasteiger partial charge >= 0.3 is 0 Å². The van der Waals surface area contributed by atoms with Crippen molar-refractivity contribution in [1.82, 2.24) is 4.98 Å². The van der Waals surface area contributed by atoms with Crippen LogP contribution in [0.3, 0.4) is 0 Å². The molecule has 1 aromatic heterocycles. The lowest BCUT2D eigenvalue weighted by Crippen LogP contribution is -2.10. The minimum Gasteiger partial charge on any atom is -0.373 e. The largest absolute Gasteiger partial charge is 0.373 e. The van der Waals surface area contributed by atoms with Crippen LogP contribution in [-0.2, 0) is 15.9 Å². The molecule has 4 heteroatoms. The first-order valence-electron chi connectivity index (χ1n) is 5.00. The summed E-state index contributed by atoms with van der Waals surface area (Å²) in [5.41, 5.74) is 1.98. The third-order valence-electron chi connectivity index (χ3n) is 2.30. The normalized spacial score (nSPS) is 10.7. The highest BCUT2D eigenvalue weighted by molar-refractivity contribution is 5.38. The highest BCUT2D eigenvalue weighted by Gasteiger charge is 2.15. The van der Waals surface area contributed by atoms with Gasteiger partial charge in [0.15, 0.2) is 0 Å². The second kappa shape index (κ2) is 5.68. The lowest BCUT2D eigenvalue weighted by atomic mass is 10.1. The van der Waals surface area contributed by atoms with Crippen LogP contribution < -0.4 is 5.32 Å². The third-order valence-corrected chi connectivity index (χ3v) is 2.30. The van der Waals surface area contributed by atoms with Gasteiger partial charge in [-0.05, 0) is 18.1 Å². The maximum atomic E-state index is 5.22. The van der Waals surface area contributed by atoms with Crippen molar-refractivity contribution in [3.05, 3.63) is 23.4 Å². The number of nitrogens with zero attached hydrogens (tertiary/aromatic N) is 1. The van der Waals surface area contributed by atoms with E-state index in [0.29, 0.717) is 0 Å². The molecule has 0 aliphatic heterocycles. The number of hydrogen-bond donors (Lipinski definition) is 1. The highest BCUT2D eigenvalue weighted by Crippen LogP contribution is 2.21. The van der Waals surface area contributed by atoms with E-state index < -0.39 is 6.29 Å². The summed E-state index contributed by atoms with van der Waals surface area (Å²) in [5.74, 6) is 0.821. The van der Waals surface area contributed by atoms with Crippen molar-refractivity contribution in [3.8, 4) is 0 Å². The monoisotopic (exact) mass is 210 g/mol. The average Bonchev–Trinajstić information content (AvgIpc) is 2.30. The van der Waals surface area contributed by atoms with Crippen LogP contribution in [0.25, 0.3) is 0 Å². The van der Waals surface area contributed by atoms with Gasteiger partial charge in [0.25, 0.3) is 0 Å². The molecule has 0 unspecified atom stereocenters. The number of hydrogen-bond acceptors (Lipinski definition) is 4. The van der Waals surface area contributed by atoms with Gasteiger partial charge in [-0.25, -0.2) is 4.98 Å². The Balaban J connectivity index is 3.09. The van der Waals surface area contributed by atoms with Gasteiger partial charge in [0.05, 0.1) is 0 Å². The number of methoxy groups -OCH3 is 2. The lowest BCUT2D eigenvalue weighted by Gasteiger charge is -2.16. The summed E-state index contributed by atoms with van der Waals surface area (Å²) in [5, 5.41) is 3.00. The zero-order chi connectivity index (χ0) is 11.3. The van der Waals surface area contributed by atoms with Crippen molar-refractivity contribution in [2.75, 3.05) is 26.6 Å². The molecule has 0 bridgehead atoms. The molecule has 15 heavy (non-hydrogen) atoms. The summed E-state index contributed by atoms with van der Waals surface area (Å²) < 4.78 is 10.4. The summed E-state index contributed by atoms with van der Waals surface area (Å²) in [6, 6.07) is 3.99. The molecule has 0 saturated heterocycles. The highest BCUT2D eigenvalue weighted by atomic mass is 16.7. The molecule has 0 saturated carbocycles. The molecule has 0 aromatic carbocycles. The molecule has 0 aliphatic carbocycles. The van der Waals surface area contributed by atoms with E-state index in [1.165, 1.54) is 0 Å². The summed E-state index contributed by atoms with van der Waals surface area (Å²) in [4.78, 5) is 4.44. The van der Waals surface area contributed by atoms with Gasteiger partial charge in [0.1, 0.15) is 11.5 Å². The molecule has 1 aromatic rings. The van der Waals surface area contributed by atoms with Crippen molar-refractivity contribution < 1.29 is 9.47 Å². The van der Waals surface area contributed by atoms with Crippen LogP contribution in [0.1, 0.15) is 24.5 Å². The van der Waals surface area contributed by atoms with Crippen molar-refractivity contribution in [2.24, 2.45) is 0 Å². The Morgan fingerprint density at radius 3 is 2.47 bits per heavy atom. The van der Waals surface area contributed by atoms with Gasteiger partial charge in [-0.3, -0.25) is 0 Å². The molecule has 0 atom stereocenters. The smallest absolute Gasteiger partial charge is 0.200 e. The molecule has 1 heterocycles. The first-order valence-corrected chi connectivity index (χ1v) is 5.00. The van der Waals surface area contributed by atoms with Crippen LogP contribution in [0.5, 0.6) is 0 Å². The van der Waals surface area contributed by atoms with E-state index in [1.807, 2.05) is 19.2 Å². The first kappa shape index (κ1) is 11.9. The Hall–Kier alpha value is -1.13. The van der Waals surface area contributed by atoms with Crippen molar-refractivity contribution >= 4 is 5.82 Å². The fraction of sp³-hybridized carbons (Fsp3) is 0.545. The summed E-state index contributed by atoms with van der Waals surface area (Å²) in [6.45, 7) is 2.09. The maximum absolute atomic E-state index is 5.22. The van der Waals surface area contributed by atoms with Gasteiger partial charge in [-0.2, -0.15) is 0 Å². The predicted molar refractivity (Wildman–Crippen MR) is 59.9 cm³/mol. The molecule has 0 radical (unpaired) electrons. The number of aromatic nitrogens is 1. The Labute approximate surface area is 90.6 Å². The number of ether oxygens (including phenoxy) is 2. The van der Waals surface area contributed by atoms with Crippen LogP contribution in [0.2, 0.25) is 0 Å². The van der Waals surface area contributed by atoms with Crippen molar-refractivity contribution in [1.29, 1.82) is 0 Å². The number of aryl methyl sites for hydroxylation is 1. The summed E-state index contributed by atoms with van der Waals surface area (Å²) in [6.07, 6.45) is 0.517. The minimum atomic E-state index is -0.395. The predicted octanol–water partition coefficient (Wildman–Crippen LogP) is 1.98. The molecule has 4 nitrogen and oxygen atoms in total. The second-order valence-corrected chi connectivity index (χ2v) is 3.15. The zero-order valence-electron chi connectivity index (χ0n) is 9.70. The Kier molecular flexibility index (Phi) is 4.52. The molecular weight excluding hydrogens is 192 g/mol. The van der Waals surface area contributed by atoms with Crippen LogP contribution >= 0.6 is 0 Å². The van der Waals surface area contributed by atoms with Gasteiger partial charge in [0.2, 0.25) is 6.29 Å². The van der Waals surface area contributed by atoms with Crippen molar-refractivity contribution in [2.45, 2.75) is 19.6 Å². The maximum Gasteiger partial charge on any atom is 0.200 e. The second-order valence-electron chi connectivity index (χ2n) is 3.15. The number of anilines is 1. The SMILES string of the molecule is CCc1ccc(NC)nc1C(OC)OC. The topological polar surface area (TPSA) is 43.4 Å². The fourth-order valence-electron chi connectivity index (χ4n) is 1.47. The van der Waals surface area contributed by atoms with Gasteiger partial charge in [-0.15, -0.1) is 0 Å². The van der Waals surface area contributed by atoms with Gasteiger partial charge in [-0.1, -0.05) is 13.0 Å². The number of rotatable bonds is 5. The van der Waals surface area contributed by atoms with Crippen LogP contribution in [0.15, 0.2) is 12.1 Å². The quantitative estimate of drug-likeness (QED) is 0.755. The molecule has 0 aliphatic rings. The van der Waals surface area contributed by atoms with E-state index in [0.717, 1.165) is 23.5 Å². The van der Waals surface area contributed by atoms with E-state index in [2.05, 4.69) is 17.2 Å². The fourth-order valence-corrected chi connectivity index (χ4v) is 1.47. The Morgan fingerprint density at radius 1 is 1.33 bits per heavy atom. The van der Waals surface area contributed by atoms with E-state index in [4.69, 9.17) is 9.47 Å². The number of pyridine rings is 1. The van der Waals surface area contributed by atoms with Gasteiger partial charge in [0, 0.05) is 21.3 Å². The van der Waals surface area contributed by atoms with E-state index in [9.17, 15) is 0 Å². The van der Waals surface area contributed by atoms with E-state index in [1.54, 1.807) is 14.2 Å². The molecule has 1 rings (SSSR count). The summed E-state index contributed by atoms with van der Waals surface area (Å²) in [7, 11) is 5.06. The minimum absolute atomic E-state index is 0.395. The van der Waals surface area contributed by atoms with Crippen molar-refractivity contribution in [3.63, 3.8) is 0 Å². The standard InChI is InChI=1S/C11H18N2O2/c1-5-8-6-7-9(12-2)13-10(8)11(14-3)15-4/h6-7,11H,5H2,1-4H3,(H,12,13). The first-order chi connectivity index (χ1) is 7.26. The lowest BCUT2D eigenvalue weighted by molar-refractivity contribution is -0.109. The van der Waals surface area contributed by atoms with Gasteiger partial charge < -0.3 is 14.8 Å². The Bertz CT molecular complexity index is 311. The number of nitrogens with one attached hydrogen (secondary N) is 1. The van der Waals surface area contributed by atoms with Crippen LogP contribution in [0.4, 0.5) is 5.82 Å². The van der Waals surface area contributed by atoms with E-state index in [-0.39, 0.29) is 0 Å². The summed E-state index contributed by atoms with van der Waals surface area (Å²) >= 11 is 0. The Morgan fingerprint density at radius 2 is 2.00 bits per heavy atom. The molecule has 84 valence electrons. The average molecular weight is 210 g/mol. The van der Waals surface area contributed by atoms with E-state index >= 15 is 0 Å². The molecule has 0 fully saturated rings. The molecule has 0 spiro atoms. The third kappa shape index (κ3) is 2.67. The molecule has 0 amide bonds. The molecular formula is C11H18N2O2. The zero-order valence-corrected chi connectivity index (χ0v) is 9.70. The van der Waals surface area contributed by atoms with Crippen LogP contribution in [0, 0.1) is 0 Å². The van der Waals surface area contributed by atoms with Crippen LogP contribution in [-0.4, -0.2) is 26.3 Å². The molecule has 1 N–H and O–H groups in total.